The number of hydrogen-bond acceptors (Lipinski definition) is 2. The lowest BCUT2D eigenvalue weighted by Gasteiger charge is -2.03. The van der Waals surface area contributed by atoms with Gasteiger partial charge in [0.05, 0.1) is 17.7 Å². The molecule has 2 aromatic rings. The summed E-state index contributed by atoms with van der Waals surface area (Å²) in [5.41, 5.74) is 9.02. The van der Waals surface area contributed by atoms with E-state index in [4.69, 9.17) is 5.73 Å². The van der Waals surface area contributed by atoms with E-state index in [0.29, 0.717) is 6.54 Å². The first kappa shape index (κ1) is 11.4. The second-order valence-electron chi connectivity index (χ2n) is 3.62. The number of H-pyrrole nitrogens is 1. The molecule has 0 aliphatic carbocycles. The minimum atomic E-state index is 0.519. The number of rotatable bonds is 4. The molecule has 84 valence electrons. The summed E-state index contributed by atoms with van der Waals surface area (Å²) >= 11 is 3.54. The Morgan fingerprint density at radius 1 is 1.25 bits per heavy atom. The number of halogens is 1. The second-order valence-corrected chi connectivity index (χ2v) is 4.48. The summed E-state index contributed by atoms with van der Waals surface area (Å²) in [4.78, 5) is 7.34. The Bertz CT molecular complexity index is 465. The van der Waals surface area contributed by atoms with Crippen molar-refractivity contribution in [1.82, 2.24) is 9.97 Å². The average Bonchev–Trinajstić information content (AvgIpc) is 2.75. The van der Waals surface area contributed by atoms with Crippen LogP contribution in [-0.4, -0.2) is 9.97 Å². The van der Waals surface area contributed by atoms with Gasteiger partial charge in [0, 0.05) is 11.0 Å². The van der Waals surface area contributed by atoms with Gasteiger partial charge in [-0.3, -0.25) is 0 Å². The van der Waals surface area contributed by atoms with Crippen LogP contribution in [0.3, 0.4) is 0 Å². The fourth-order valence-electron chi connectivity index (χ4n) is 1.70. The second kappa shape index (κ2) is 5.27. The molecule has 0 atom stereocenters. The fraction of sp³-hybridized carbons (Fsp3) is 0.250. The van der Waals surface area contributed by atoms with Gasteiger partial charge < -0.3 is 10.7 Å². The minimum Gasteiger partial charge on any atom is -0.347 e. The quantitative estimate of drug-likeness (QED) is 0.903. The number of benzene rings is 1. The molecule has 2 rings (SSSR count). The predicted molar refractivity (Wildman–Crippen MR) is 68.0 cm³/mol. The molecule has 0 fully saturated rings. The first-order chi connectivity index (χ1) is 7.81. The molecule has 16 heavy (non-hydrogen) atoms. The van der Waals surface area contributed by atoms with E-state index >= 15 is 0 Å². The van der Waals surface area contributed by atoms with E-state index in [1.54, 1.807) is 6.33 Å². The highest BCUT2D eigenvalue weighted by molar-refractivity contribution is 9.10. The van der Waals surface area contributed by atoms with E-state index in [1.807, 2.05) is 6.07 Å². The molecule has 1 heterocycles. The Kier molecular flexibility index (Phi) is 3.74. The van der Waals surface area contributed by atoms with Gasteiger partial charge in [0.1, 0.15) is 0 Å². The molecular formula is C12H14BrN3. The topological polar surface area (TPSA) is 54.7 Å². The van der Waals surface area contributed by atoms with Gasteiger partial charge in [-0.05, 0) is 24.5 Å². The van der Waals surface area contributed by atoms with Crippen LogP contribution in [0.15, 0.2) is 35.1 Å². The monoisotopic (exact) mass is 279 g/mol. The van der Waals surface area contributed by atoms with Crippen molar-refractivity contribution in [3.63, 3.8) is 0 Å². The maximum absolute atomic E-state index is 5.61. The van der Waals surface area contributed by atoms with E-state index < -0.39 is 0 Å². The standard InChI is InChI=1S/C12H14BrN3/c13-10-4-2-1-3-9(10)5-6-11-12(7-14)16-8-15-11/h1-4,8H,5-7,14H2,(H,15,16). The third-order valence-corrected chi connectivity index (χ3v) is 3.37. The Morgan fingerprint density at radius 2 is 2.06 bits per heavy atom. The number of nitrogens with zero attached hydrogens (tertiary/aromatic N) is 1. The molecule has 1 aromatic carbocycles. The van der Waals surface area contributed by atoms with Gasteiger partial charge >= 0.3 is 0 Å². The summed E-state index contributed by atoms with van der Waals surface area (Å²) in [6.07, 6.45) is 3.59. The van der Waals surface area contributed by atoms with Gasteiger partial charge in [-0.15, -0.1) is 0 Å². The summed E-state index contributed by atoms with van der Waals surface area (Å²) in [5.74, 6) is 0. The molecule has 3 nitrogen and oxygen atoms in total. The van der Waals surface area contributed by atoms with E-state index in [-0.39, 0.29) is 0 Å². The van der Waals surface area contributed by atoms with Crippen LogP contribution in [-0.2, 0) is 19.4 Å². The van der Waals surface area contributed by atoms with Crippen LogP contribution in [0.25, 0.3) is 0 Å². The molecule has 0 amide bonds. The first-order valence-corrected chi connectivity index (χ1v) is 6.05. The molecule has 0 spiro atoms. The third kappa shape index (κ3) is 2.51. The lowest BCUT2D eigenvalue weighted by molar-refractivity contribution is 0.882. The lowest BCUT2D eigenvalue weighted by atomic mass is 10.1. The first-order valence-electron chi connectivity index (χ1n) is 5.26. The van der Waals surface area contributed by atoms with Crippen molar-refractivity contribution < 1.29 is 0 Å². The highest BCUT2D eigenvalue weighted by Gasteiger charge is 2.05. The zero-order chi connectivity index (χ0) is 11.4. The summed E-state index contributed by atoms with van der Waals surface area (Å²) in [6.45, 7) is 0.519. The highest BCUT2D eigenvalue weighted by atomic mass is 79.9. The Balaban J connectivity index is 2.05. The maximum atomic E-state index is 5.61. The van der Waals surface area contributed by atoms with E-state index in [9.17, 15) is 0 Å². The Morgan fingerprint density at radius 3 is 2.81 bits per heavy atom. The summed E-state index contributed by atoms with van der Waals surface area (Å²) in [5, 5.41) is 0. The van der Waals surface area contributed by atoms with E-state index in [1.165, 1.54) is 5.56 Å². The molecule has 0 aliphatic rings. The largest absolute Gasteiger partial charge is 0.347 e. The van der Waals surface area contributed by atoms with Crippen LogP contribution in [0.5, 0.6) is 0 Å². The number of aryl methyl sites for hydroxylation is 2. The fourth-order valence-corrected chi connectivity index (χ4v) is 2.18. The zero-order valence-corrected chi connectivity index (χ0v) is 10.5. The van der Waals surface area contributed by atoms with Gasteiger partial charge in [0.15, 0.2) is 0 Å². The van der Waals surface area contributed by atoms with Crippen LogP contribution in [0.1, 0.15) is 17.0 Å². The van der Waals surface area contributed by atoms with Crippen LogP contribution in [0.2, 0.25) is 0 Å². The van der Waals surface area contributed by atoms with Crippen LogP contribution in [0.4, 0.5) is 0 Å². The molecular weight excluding hydrogens is 266 g/mol. The average molecular weight is 280 g/mol. The molecule has 4 heteroatoms. The van der Waals surface area contributed by atoms with E-state index in [2.05, 4.69) is 44.1 Å². The normalized spacial score (nSPS) is 10.6. The molecule has 3 N–H and O–H groups in total. The van der Waals surface area contributed by atoms with E-state index in [0.717, 1.165) is 28.7 Å². The lowest BCUT2D eigenvalue weighted by Crippen LogP contribution is -2.02. The maximum Gasteiger partial charge on any atom is 0.0925 e. The molecule has 0 bridgehead atoms. The molecule has 0 saturated carbocycles. The number of aromatic nitrogens is 2. The van der Waals surface area contributed by atoms with Crippen LogP contribution in [0, 0.1) is 0 Å². The molecule has 0 unspecified atom stereocenters. The number of nitrogens with two attached hydrogens (primary N) is 1. The van der Waals surface area contributed by atoms with Gasteiger partial charge in [0.25, 0.3) is 0 Å². The van der Waals surface area contributed by atoms with Crippen molar-refractivity contribution in [3.8, 4) is 0 Å². The third-order valence-electron chi connectivity index (χ3n) is 2.60. The van der Waals surface area contributed by atoms with Gasteiger partial charge in [0.2, 0.25) is 0 Å². The number of imidazole rings is 1. The Labute approximate surface area is 103 Å². The molecule has 1 aromatic heterocycles. The number of nitrogens with one attached hydrogen (secondary N) is 1. The highest BCUT2D eigenvalue weighted by Crippen LogP contribution is 2.18. The predicted octanol–water partition coefficient (Wildman–Crippen LogP) is 2.42. The molecule has 0 saturated heterocycles. The smallest absolute Gasteiger partial charge is 0.0925 e. The number of aromatic amines is 1. The summed E-state index contributed by atoms with van der Waals surface area (Å²) < 4.78 is 1.15. The van der Waals surface area contributed by atoms with Crippen molar-refractivity contribution in [3.05, 3.63) is 52.0 Å². The van der Waals surface area contributed by atoms with Crippen molar-refractivity contribution in [2.75, 3.05) is 0 Å². The summed E-state index contributed by atoms with van der Waals surface area (Å²) in [6, 6.07) is 8.25. The van der Waals surface area contributed by atoms with Gasteiger partial charge in [-0.1, -0.05) is 34.1 Å². The number of hydrogen-bond donors (Lipinski definition) is 2. The van der Waals surface area contributed by atoms with Crippen LogP contribution < -0.4 is 5.73 Å². The molecule has 0 radical (unpaired) electrons. The van der Waals surface area contributed by atoms with Crippen molar-refractivity contribution >= 4 is 15.9 Å². The summed E-state index contributed by atoms with van der Waals surface area (Å²) in [7, 11) is 0. The molecule has 0 aliphatic heterocycles. The van der Waals surface area contributed by atoms with Crippen molar-refractivity contribution in [2.24, 2.45) is 5.73 Å². The van der Waals surface area contributed by atoms with Crippen LogP contribution >= 0.6 is 15.9 Å². The van der Waals surface area contributed by atoms with Crippen molar-refractivity contribution in [1.29, 1.82) is 0 Å². The minimum absolute atomic E-state index is 0.519. The van der Waals surface area contributed by atoms with Gasteiger partial charge in [-0.2, -0.15) is 0 Å². The Hall–Kier alpha value is -1.13. The van der Waals surface area contributed by atoms with Crippen molar-refractivity contribution in [2.45, 2.75) is 19.4 Å². The van der Waals surface area contributed by atoms with Gasteiger partial charge in [-0.25, -0.2) is 4.98 Å². The zero-order valence-electron chi connectivity index (χ0n) is 8.91. The SMILES string of the molecule is NCc1[nH]cnc1CCc1ccccc1Br.